The Hall–Kier alpha value is -4.10. The summed E-state index contributed by atoms with van der Waals surface area (Å²) >= 11 is 6.05. The van der Waals surface area contributed by atoms with Gasteiger partial charge in [0, 0.05) is 18.4 Å². The van der Waals surface area contributed by atoms with E-state index in [9.17, 15) is 23.8 Å². The number of aromatic nitrogens is 4. The average molecular weight is 570 g/mol. The van der Waals surface area contributed by atoms with Crippen LogP contribution in [-0.4, -0.2) is 32.7 Å². The van der Waals surface area contributed by atoms with Crippen LogP contribution in [0.4, 0.5) is 4.39 Å². The molecule has 0 fully saturated rings. The molecule has 0 N–H and O–H groups in total. The normalized spacial score (nSPS) is 11.3. The minimum absolute atomic E-state index is 0.0861. The van der Waals surface area contributed by atoms with Gasteiger partial charge in [-0.1, -0.05) is 23.7 Å². The Kier molecular flexibility index (Phi) is 8.11. The molecule has 0 saturated carbocycles. The van der Waals surface area contributed by atoms with Gasteiger partial charge in [-0.3, -0.25) is 18.7 Å². The van der Waals surface area contributed by atoms with Crippen molar-refractivity contribution in [2.75, 3.05) is 13.3 Å². The van der Waals surface area contributed by atoms with Crippen molar-refractivity contribution in [1.82, 2.24) is 19.3 Å². The number of hydrogen-bond acceptors (Lipinski definition) is 8. The van der Waals surface area contributed by atoms with Gasteiger partial charge in [0.15, 0.2) is 7.37 Å². The van der Waals surface area contributed by atoms with Crippen LogP contribution in [0.15, 0.2) is 64.4 Å². The standard InChI is InChI=1S/C26H22ClFN5O5P/c1-16-24(38-22-9-17(12-29)8-19(27)10-22)26(35)32(14-30-16)13-21-11-23(18-4-6-20(28)7-5-18)25(34)33(31-21)15-37-39(2,3)36/h4-11,14H,13,15H2,1-3H3. The number of aryl methyl sites for hydroxylation is 1. The number of halogens is 2. The van der Waals surface area contributed by atoms with Crippen LogP contribution >= 0.6 is 19.0 Å². The van der Waals surface area contributed by atoms with Gasteiger partial charge in [-0.2, -0.15) is 10.4 Å². The smallest absolute Gasteiger partial charge is 0.296 e. The summed E-state index contributed by atoms with van der Waals surface area (Å²) in [5.74, 6) is -0.372. The Labute approximate surface area is 227 Å². The molecule has 2 heterocycles. The quantitative estimate of drug-likeness (QED) is 0.277. The van der Waals surface area contributed by atoms with Crippen molar-refractivity contribution >= 4 is 19.0 Å². The first-order valence-corrected chi connectivity index (χ1v) is 14.3. The zero-order valence-electron chi connectivity index (χ0n) is 21.1. The molecule has 4 rings (SSSR count). The second-order valence-corrected chi connectivity index (χ2v) is 12.1. The highest BCUT2D eigenvalue weighted by Crippen LogP contribution is 2.37. The maximum Gasteiger partial charge on any atom is 0.296 e. The van der Waals surface area contributed by atoms with Crippen molar-refractivity contribution in [3.05, 3.63) is 103 Å². The van der Waals surface area contributed by atoms with Crippen molar-refractivity contribution in [1.29, 1.82) is 5.26 Å². The highest BCUT2D eigenvalue weighted by Gasteiger charge is 2.17. The molecule has 0 aliphatic rings. The monoisotopic (exact) mass is 569 g/mol. The van der Waals surface area contributed by atoms with Crippen molar-refractivity contribution < 1.29 is 18.2 Å². The van der Waals surface area contributed by atoms with Crippen LogP contribution in [0.5, 0.6) is 11.5 Å². The lowest BCUT2D eigenvalue weighted by molar-refractivity contribution is 0.219. The first-order valence-electron chi connectivity index (χ1n) is 11.4. The molecule has 0 unspecified atom stereocenters. The van der Waals surface area contributed by atoms with E-state index in [-0.39, 0.29) is 39.9 Å². The maximum absolute atomic E-state index is 13.5. The van der Waals surface area contributed by atoms with Gasteiger partial charge >= 0.3 is 0 Å². The van der Waals surface area contributed by atoms with Gasteiger partial charge in [0.2, 0.25) is 5.75 Å². The van der Waals surface area contributed by atoms with Crippen LogP contribution in [0.25, 0.3) is 11.1 Å². The van der Waals surface area contributed by atoms with E-state index in [0.29, 0.717) is 11.3 Å². The Bertz CT molecular complexity index is 1760. The van der Waals surface area contributed by atoms with Gasteiger partial charge in [-0.25, -0.2) is 14.1 Å². The number of nitrogens with zero attached hydrogens (tertiary/aromatic N) is 5. The summed E-state index contributed by atoms with van der Waals surface area (Å²) in [6, 6.07) is 13.1. The van der Waals surface area contributed by atoms with Crippen LogP contribution in [0.1, 0.15) is 17.0 Å². The number of hydrogen-bond donors (Lipinski definition) is 0. The van der Waals surface area contributed by atoms with Crippen LogP contribution in [0.2, 0.25) is 5.02 Å². The summed E-state index contributed by atoms with van der Waals surface area (Å²) in [5, 5.41) is 13.7. The molecule has 0 amide bonds. The predicted molar refractivity (Wildman–Crippen MR) is 143 cm³/mol. The van der Waals surface area contributed by atoms with Gasteiger partial charge in [-0.15, -0.1) is 0 Å². The van der Waals surface area contributed by atoms with Gasteiger partial charge < -0.3 is 9.26 Å². The van der Waals surface area contributed by atoms with Crippen LogP contribution in [0.3, 0.4) is 0 Å². The van der Waals surface area contributed by atoms with E-state index in [1.807, 2.05) is 6.07 Å². The SMILES string of the molecule is Cc1ncn(Cc2cc(-c3ccc(F)cc3)c(=O)n(COP(C)(C)=O)n2)c(=O)c1Oc1cc(Cl)cc(C#N)c1. The van der Waals surface area contributed by atoms with Gasteiger partial charge in [0.1, 0.15) is 18.3 Å². The predicted octanol–water partition coefficient (Wildman–Crippen LogP) is 4.79. The van der Waals surface area contributed by atoms with Crippen molar-refractivity contribution in [2.45, 2.75) is 20.2 Å². The fourth-order valence-electron chi connectivity index (χ4n) is 3.55. The molecule has 0 bridgehead atoms. The number of ether oxygens (including phenoxy) is 1. The molecule has 0 saturated heterocycles. The van der Waals surface area contributed by atoms with E-state index in [4.69, 9.17) is 20.9 Å². The highest BCUT2D eigenvalue weighted by molar-refractivity contribution is 7.57. The summed E-state index contributed by atoms with van der Waals surface area (Å²) in [5.41, 5.74) is 0.326. The van der Waals surface area contributed by atoms with Crippen molar-refractivity contribution in [2.24, 2.45) is 0 Å². The fraction of sp³-hybridized carbons (Fsp3) is 0.192. The van der Waals surface area contributed by atoms with Crippen molar-refractivity contribution in [3.8, 4) is 28.7 Å². The van der Waals surface area contributed by atoms with Gasteiger partial charge in [0.05, 0.1) is 41.5 Å². The molecule has 0 atom stereocenters. The molecule has 10 nitrogen and oxygen atoms in total. The second kappa shape index (κ2) is 11.3. The Morgan fingerprint density at radius 2 is 1.82 bits per heavy atom. The second-order valence-electron chi connectivity index (χ2n) is 8.85. The van der Waals surface area contributed by atoms with E-state index in [0.717, 1.165) is 4.68 Å². The fourth-order valence-corrected chi connectivity index (χ4v) is 4.17. The van der Waals surface area contributed by atoms with Crippen molar-refractivity contribution in [3.63, 3.8) is 0 Å². The first kappa shape index (κ1) is 27.9. The van der Waals surface area contributed by atoms with E-state index in [1.54, 1.807) is 6.92 Å². The van der Waals surface area contributed by atoms with Crippen LogP contribution in [0, 0.1) is 24.1 Å². The summed E-state index contributed by atoms with van der Waals surface area (Å²) in [6.45, 7) is 3.89. The summed E-state index contributed by atoms with van der Waals surface area (Å²) in [6.07, 6.45) is 1.31. The molecule has 0 aliphatic carbocycles. The third-order valence-electron chi connectivity index (χ3n) is 5.40. The lowest BCUT2D eigenvalue weighted by Gasteiger charge is -2.14. The minimum atomic E-state index is -2.95. The number of nitriles is 1. The maximum atomic E-state index is 13.5. The van der Waals surface area contributed by atoms with Gasteiger partial charge in [-0.05, 0) is 48.9 Å². The minimum Gasteiger partial charge on any atom is -0.450 e. The number of benzene rings is 2. The van der Waals surface area contributed by atoms with Crippen LogP contribution in [-0.2, 0) is 22.4 Å². The Morgan fingerprint density at radius 1 is 1.10 bits per heavy atom. The molecule has 2 aromatic carbocycles. The molecule has 200 valence electrons. The highest BCUT2D eigenvalue weighted by atomic mass is 35.5. The summed E-state index contributed by atoms with van der Waals surface area (Å²) in [7, 11) is -2.95. The molecule has 13 heteroatoms. The Balaban J connectivity index is 1.75. The molecule has 4 aromatic rings. The molecular formula is C26H22ClFN5O5P. The van der Waals surface area contributed by atoms with E-state index in [2.05, 4.69) is 10.1 Å². The van der Waals surface area contributed by atoms with Crippen LogP contribution < -0.4 is 15.9 Å². The largest absolute Gasteiger partial charge is 0.450 e. The lowest BCUT2D eigenvalue weighted by Crippen LogP contribution is -2.29. The van der Waals surface area contributed by atoms with Gasteiger partial charge in [0.25, 0.3) is 11.1 Å². The number of rotatable bonds is 8. The summed E-state index contributed by atoms with van der Waals surface area (Å²) in [4.78, 5) is 30.7. The zero-order chi connectivity index (χ0) is 28.3. The molecule has 39 heavy (non-hydrogen) atoms. The lowest BCUT2D eigenvalue weighted by atomic mass is 10.1. The molecule has 2 aromatic heterocycles. The van der Waals surface area contributed by atoms with E-state index >= 15 is 0 Å². The zero-order valence-corrected chi connectivity index (χ0v) is 22.7. The molecule has 0 aliphatic heterocycles. The van der Waals surface area contributed by atoms with E-state index < -0.39 is 31.0 Å². The summed E-state index contributed by atoms with van der Waals surface area (Å²) < 4.78 is 38.9. The average Bonchev–Trinajstić information content (AvgIpc) is 2.88. The third kappa shape index (κ3) is 6.86. The Morgan fingerprint density at radius 3 is 2.49 bits per heavy atom. The molecular weight excluding hydrogens is 548 g/mol. The van der Waals surface area contributed by atoms with E-state index in [1.165, 1.54) is 72.8 Å². The third-order valence-corrected chi connectivity index (χ3v) is 6.35. The topological polar surface area (TPSA) is 129 Å². The molecule has 0 spiro atoms. The molecule has 0 radical (unpaired) electrons. The first-order chi connectivity index (χ1) is 18.4.